The fourth-order valence-corrected chi connectivity index (χ4v) is 3.14. The van der Waals surface area contributed by atoms with Crippen LogP contribution in [0.2, 0.25) is 0 Å². The van der Waals surface area contributed by atoms with Gasteiger partial charge >= 0.3 is 5.97 Å². The Morgan fingerprint density at radius 3 is 2.62 bits per heavy atom. The van der Waals surface area contributed by atoms with Crippen LogP contribution in [0.15, 0.2) is 23.1 Å². The van der Waals surface area contributed by atoms with Crippen molar-refractivity contribution in [2.45, 2.75) is 43.6 Å². The fourth-order valence-electron chi connectivity index (χ4n) is 2.51. The summed E-state index contributed by atoms with van der Waals surface area (Å²) in [6, 6.07) is 3.01. The number of benzene rings is 1. The largest absolute Gasteiger partial charge is 0.459 e. The van der Waals surface area contributed by atoms with E-state index < -0.39 is 26.7 Å². The Morgan fingerprint density at radius 2 is 2.00 bits per heavy atom. The number of hydrogen-bond donors (Lipinski definition) is 1. The van der Waals surface area contributed by atoms with Crippen LogP contribution in [0, 0.1) is 11.7 Å². The molecule has 21 heavy (non-hydrogen) atoms. The van der Waals surface area contributed by atoms with Crippen molar-refractivity contribution in [2.24, 2.45) is 11.1 Å². The van der Waals surface area contributed by atoms with E-state index in [1.54, 1.807) is 0 Å². The molecule has 0 spiro atoms. The monoisotopic (exact) mass is 315 g/mol. The zero-order valence-electron chi connectivity index (χ0n) is 11.7. The van der Waals surface area contributed by atoms with E-state index in [1.807, 2.05) is 6.92 Å². The molecule has 0 aromatic heterocycles. The molecule has 2 N–H and O–H groups in total. The minimum atomic E-state index is -4.22. The maximum atomic E-state index is 13.4. The third kappa shape index (κ3) is 3.79. The lowest BCUT2D eigenvalue weighted by Gasteiger charge is -2.28. The number of hydrogen-bond acceptors (Lipinski definition) is 4. The Kier molecular flexibility index (Phi) is 4.63. The van der Waals surface area contributed by atoms with Crippen molar-refractivity contribution in [2.75, 3.05) is 0 Å². The van der Waals surface area contributed by atoms with Crippen molar-refractivity contribution in [1.29, 1.82) is 0 Å². The number of primary sulfonamides is 1. The molecule has 2 atom stereocenters. The molecule has 2 rings (SSSR count). The van der Waals surface area contributed by atoms with Crippen molar-refractivity contribution in [3.63, 3.8) is 0 Å². The van der Waals surface area contributed by atoms with Gasteiger partial charge in [0.05, 0.1) is 5.56 Å². The number of ether oxygens (including phenoxy) is 1. The second kappa shape index (κ2) is 6.11. The molecule has 7 heteroatoms. The lowest BCUT2D eigenvalue weighted by molar-refractivity contribution is 0.00478. The molecule has 0 saturated heterocycles. The summed E-state index contributed by atoms with van der Waals surface area (Å²) in [5, 5.41) is 4.91. The minimum Gasteiger partial charge on any atom is -0.459 e. The van der Waals surface area contributed by atoms with Gasteiger partial charge in [-0.25, -0.2) is 22.7 Å². The molecule has 1 aliphatic rings. The molecule has 1 aliphatic carbocycles. The number of esters is 1. The third-order valence-electron chi connectivity index (χ3n) is 3.76. The van der Waals surface area contributed by atoms with Gasteiger partial charge in [0.15, 0.2) is 0 Å². The van der Waals surface area contributed by atoms with Gasteiger partial charge in [-0.15, -0.1) is 0 Å². The molecule has 1 saturated carbocycles. The van der Waals surface area contributed by atoms with Gasteiger partial charge in [-0.05, 0) is 43.4 Å². The van der Waals surface area contributed by atoms with Crippen LogP contribution in [0.4, 0.5) is 4.39 Å². The molecule has 0 radical (unpaired) electrons. The van der Waals surface area contributed by atoms with Crippen molar-refractivity contribution in [1.82, 2.24) is 0 Å². The number of halogens is 1. The number of sulfonamides is 1. The molecule has 0 amide bonds. The maximum Gasteiger partial charge on any atom is 0.338 e. The summed E-state index contributed by atoms with van der Waals surface area (Å²) in [6.45, 7) is 2.01. The normalized spacial score (nSPS) is 22.8. The van der Waals surface area contributed by atoms with Crippen molar-refractivity contribution in [3.05, 3.63) is 29.6 Å². The third-order valence-corrected chi connectivity index (χ3v) is 4.69. The van der Waals surface area contributed by atoms with Gasteiger partial charge in [0.1, 0.15) is 16.8 Å². The highest BCUT2D eigenvalue weighted by atomic mass is 32.2. The minimum absolute atomic E-state index is 0.0156. The summed E-state index contributed by atoms with van der Waals surface area (Å²) in [4.78, 5) is 11.4. The summed E-state index contributed by atoms with van der Waals surface area (Å²) in [7, 11) is -4.22. The van der Waals surface area contributed by atoms with Crippen molar-refractivity contribution < 1.29 is 22.3 Å². The van der Waals surface area contributed by atoms with Crippen LogP contribution < -0.4 is 5.14 Å². The second-order valence-electron chi connectivity index (χ2n) is 5.40. The SMILES string of the molecule is CC1CCCCC1OC(=O)c1ccc(F)c(S(N)(=O)=O)c1. The molecule has 5 nitrogen and oxygen atoms in total. The molecule has 0 aliphatic heterocycles. The van der Waals surface area contributed by atoms with E-state index in [2.05, 4.69) is 0 Å². The van der Waals surface area contributed by atoms with Gasteiger partial charge in [-0.3, -0.25) is 0 Å². The second-order valence-corrected chi connectivity index (χ2v) is 6.93. The van der Waals surface area contributed by atoms with Crippen LogP contribution in [0.5, 0.6) is 0 Å². The van der Waals surface area contributed by atoms with Crippen LogP contribution in [-0.4, -0.2) is 20.5 Å². The molecule has 1 aromatic rings. The number of carbonyl (C=O) groups is 1. The molecule has 1 aromatic carbocycles. The van der Waals surface area contributed by atoms with Crippen LogP contribution in [0.3, 0.4) is 0 Å². The number of carbonyl (C=O) groups excluding carboxylic acids is 1. The van der Waals surface area contributed by atoms with E-state index in [0.29, 0.717) is 0 Å². The van der Waals surface area contributed by atoms with Gasteiger partial charge in [0.25, 0.3) is 0 Å². The Balaban J connectivity index is 2.20. The summed E-state index contributed by atoms with van der Waals surface area (Å²) >= 11 is 0. The molecule has 1 fully saturated rings. The molecule has 0 heterocycles. The summed E-state index contributed by atoms with van der Waals surface area (Å²) in [5.74, 6) is -1.38. The Bertz CT molecular complexity index is 644. The Labute approximate surface area is 123 Å². The van der Waals surface area contributed by atoms with Gasteiger partial charge in [0, 0.05) is 0 Å². The first-order valence-corrected chi connectivity index (χ1v) is 8.37. The van der Waals surface area contributed by atoms with Gasteiger partial charge < -0.3 is 4.74 Å². The lowest BCUT2D eigenvalue weighted by atomic mass is 9.88. The van der Waals surface area contributed by atoms with Crippen LogP contribution in [-0.2, 0) is 14.8 Å². The molecule has 2 unspecified atom stereocenters. The van der Waals surface area contributed by atoms with Gasteiger partial charge in [-0.2, -0.15) is 0 Å². The molecule has 116 valence electrons. The quantitative estimate of drug-likeness (QED) is 0.866. The zero-order chi connectivity index (χ0) is 15.6. The fraction of sp³-hybridized carbons (Fsp3) is 0.500. The highest BCUT2D eigenvalue weighted by molar-refractivity contribution is 7.89. The lowest BCUT2D eigenvalue weighted by Crippen LogP contribution is -2.28. The van der Waals surface area contributed by atoms with Crippen LogP contribution in [0.1, 0.15) is 43.0 Å². The first-order chi connectivity index (χ1) is 9.79. The first kappa shape index (κ1) is 15.9. The highest BCUT2D eigenvalue weighted by Gasteiger charge is 2.26. The van der Waals surface area contributed by atoms with Crippen LogP contribution >= 0.6 is 0 Å². The number of nitrogens with two attached hydrogens (primary N) is 1. The Morgan fingerprint density at radius 1 is 1.33 bits per heavy atom. The Hall–Kier alpha value is -1.47. The standard InChI is InChI=1S/C14H18FNO4S/c1-9-4-2-3-5-12(9)20-14(17)10-6-7-11(15)13(8-10)21(16,18)19/h6-9,12H,2-5H2,1H3,(H2,16,18,19). The maximum absolute atomic E-state index is 13.4. The van der Waals surface area contributed by atoms with Crippen molar-refractivity contribution >= 4 is 16.0 Å². The first-order valence-electron chi connectivity index (χ1n) is 6.82. The average Bonchev–Trinajstić information content (AvgIpc) is 2.40. The summed E-state index contributed by atoms with van der Waals surface area (Å²) in [5.41, 5.74) is -0.0156. The predicted octanol–water partition coefficient (Wildman–Crippen LogP) is 2.21. The van der Waals surface area contributed by atoms with E-state index in [1.165, 1.54) is 6.07 Å². The predicted molar refractivity (Wildman–Crippen MR) is 74.6 cm³/mol. The average molecular weight is 315 g/mol. The highest BCUT2D eigenvalue weighted by Crippen LogP contribution is 2.27. The summed E-state index contributed by atoms with van der Waals surface area (Å²) in [6.07, 6.45) is 3.70. The zero-order valence-corrected chi connectivity index (χ0v) is 12.5. The summed E-state index contributed by atoms with van der Waals surface area (Å²) < 4.78 is 41.4. The molecule has 0 bridgehead atoms. The van der Waals surface area contributed by atoms with Gasteiger partial charge in [0.2, 0.25) is 10.0 Å². The number of rotatable bonds is 3. The van der Waals surface area contributed by atoms with Gasteiger partial charge in [-0.1, -0.05) is 13.3 Å². The van der Waals surface area contributed by atoms with E-state index in [0.717, 1.165) is 37.8 Å². The molecular weight excluding hydrogens is 297 g/mol. The topological polar surface area (TPSA) is 86.5 Å². The van der Waals surface area contributed by atoms with E-state index in [-0.39, 0.29) is 17.6 Å². The van der Waals surface area contributed by atoms with E-state index in [9.17, 15) is 17.6 Å². The smallest absolute Gasteiger partial charge is 0.338 e. The molecular formula is C14H18FNO4S. The van der Waals surface area contributed by atoms with E-state index >= 15 is 0 Å². The van der Waals surface area contributed by atoms with E-state index in [4.69, 9.17) is 9.88 Å². The van der Waals surface area contributed by atoms with Crippen molar-refractivity contribution in [3.8, 4) is 0 Å². The van der Waals surface area contributed by atoms with Crippen LogP contribution in [0.25, 0.3) is 0 Å².